The Morgan fingerprint density at radius 1 is 0.721 bits per heavy atom. The molecule has 0 spiro atoms. The normalized spacial score (nSPS) is 11.3. The number of nitrogens with zero attached hydrogens (tertiary/aromatic N) is 2. The molecular weight excluding hydrogens is 567 g/mol. The first kappa shape index (κ1) is 38.6. The summed E-state index contributed by atoms with van der Waals surface area (Å²) in [6.07, 6.45) is 31.5. The molecule has 0 heterocycles. The second kappa shape index (κ2) is 26.0. The summed E-state index contributed by atoms with van der Waals surface area (Å²) >= 11 is 0. The third-order valence-corrected chi connectivity index (χ3v) is 8.17. The van der Waals surface area contributed by atoms with Gasteiger partial charge in [0.1, 0.15) is 0 Å². The third kappa shape index (κ3) is 17.5. The molecule has 0 unspecified atom stereocenters. The van der Waals surface area contributed by atoms with Gasteiger partial charge in [0.25, 0.3) is 0 Å². The van der Waals surface area contributed by atoms with E-state index in [-0.39, 0.29) is 16.5 Å². The van der Waals surface area contributed by atoms with E-state index in [4.69, 9.17) is 0 Å². The molecule has 0 amide bonds. The van der Waals surface area contributed by atoms with Gasteiger partial charge in [0.05, 0.1) is 5.57 Å². The van der Waals surface area contributed by atoms with Gasteiger partial charge in [-0.3, -0.25) is 0 Å². The van der Waals surface area contributed by atoms with Gasteiger partial charge in [0, 0.05) is 16.5 Å². The van der Waals surface area contributed by atoms with Gasteiger partial charge in [0.15, 0.2) is 0 Å². The van der Waals surface area contributed by atoms with Gasteiger partial charge < -0.3 is 5.53 Å². The molecule has 238 valence electrons. The molecule has 0 radical (unpaired) electrons. The predicted molar refractivity (Wildman–Crippen MR) is 184 cm³/mol. The number of hydrogen-bond donors (Lipinski definition) is 0. The average Bonchev–Trinajstić information content (AvgIpc) is 3.00. The third-order valence-electron chi connectivity index (χ3n) is 8.17. The largest absolute Gasteiger partial charge is 0.348 e. The molecule has 0 aliphatic carbocycles. The molecule has 0 aliphatic rings. The molecule has 2 aromatic rings. The second-order valence-electron chi connectivity index (χ2n) is 12.0. The molecule has 0 N–H and O–H groups in total. The topological polar surface area (TPSA) is 36.4 Å². The smallest absolute Gasteiger partial charge is 0.303 e. The van der Waals surface area contributed by atoms with Crippen LogP contribution in [0.3, 0.4) is 0 Å². The molecule has 0 aliphatic heterocycles. The van der Waals surface area contributed by atoms with Crippen LogP contribution in [0.4, 0.5) is 0 Å². The Morgan fingerprint density at radius 3 is 1.95 bits per heavy atom. The standard InChI is InChI=1S/C40H58N2.Ni/c1-4-6-8-9-10-11-12-13-14-15-16-17-18-19-20-21-22-28-37-29-23-24-31-39(37)40(38-30-25-26-35(3)32-38)33-36(34-42-41)27-7-5-2;/h20-21,23-26,29-33H,4-19,22,27-28H2,1-3H3;. The Bertz CT molecular complexity index is 1150. The monoisotopic (exact) mass is 624 g/mol. The number of hydrogen-bond acceptors (Lipinski definition) is 0. The molecule has 0 saturated carbocycles. The molecule has 2 aromatic carbocycles. The summed E-state index contributed by atoms with van der Waals surface area (Å²) in [5.74, 6) is 2.83. The molecule has 0 atom stereocenters. The van der Waals surface area contributed by atoms with Crippen molar-refractivity contribution in [1.29, 1.82) is 0 Å². The van der Waals surface area contributed by atoms with E-state index in [0.29, 0.717) is 0 Å². The summed E-state index contributed by atoms with van der Waals surface area (Å²) in [5.41, 5.74) is 16.4. The first-order valence-corrected chi connectivity index (χ1v) is 17.2. The zero-order valence-electron chi connectivity index (χ0n) is 27.5. The average molecular weight is 626 g/mol. The SMILES string of the molecule is CCCCCCCCCCCCCCCC=CCCc1ccccc1C(=CC(=C=[N+]=[N-])CCCC)c1cccc(C)c1.[Ni]. The van der Waals surface area contributed by atoms with Crippen LogP contribution in [0.2, 0.25) is 0 Å². The van der Waals surface area contributed by atoms with Gasteiger partial charge in [0.2, 0.25) is 0 Å². The Morgan fingerprint density at radius 2 is 1.33 bits per heavy atom. The molecular formula is C40H58N2Ni. The van der Waals surface area contributed by atoms with Gasteiger partial charge in [-0.1, -0.05) is 164 Å². The minimum atomic E-state index is 0. The van der Waals surface area contributed by atoms with Crippen molar-refractivity contribution < 1.29 is 21.3 Å². The molecule has 2 nitrogen and oxygen atoms in total. The van der Waals surface area contributed by atoms with E-state index in [2.05, 4.69) is 98.2 Å². The number of benzene rings is 2. The molecule has 0 saturated heterocycles. The zero-order chi connectivity index (χ0) is 30.1. The minimum Gasteiger partial charge on any atom is -0.348 e. The minimum absolute atomic E-state index is 0. The Kier molecular flexibility index (Phi) is 23.4. The van der Waals surface area contributed by atoms with E-state index in [0.717, 1.165) is 37.7 Å². The van der Waals surface area contributed by atoms with Crippen molar-refractivity contribution in [1.82, 2.24) is 0 Å². The van der Waals surface area contributed by atoms with Crippen LogP contribution >= 0.6 is 0 Å². The van der Waals surface area contributed by atoms with E-state index in [1.165, 1.54) is 118 Å². The molecule has 3 heteroatoms. The van der Waals surface area contributed by atoms with Crippen LogP contribution < -0.4 is 0 Å². The van der Waals surface area contributed by atoms with Crippen molar-refractivity contribution in [2.24, 2.45) is 0 Å². The van der Waals surface area contributed by atoms with Gasteiger partial charge in [-0.25, -0.2) is 0 Å². The quantitative estimate of drug-likeness (QED) is 0.0224. The molecule has 0 fully saturated rings. The summed E-state index contributed by atoms with van der Waals surface area (Å²) in [5, 5.41) is 0. The van der Waals surface area contributed by atoms with Crippen LogP contribution in [0.15, 0.2) is 72.3 Å². The summed E-state index contributed by atoms with van der Waals surface area (Å²) in [6.45, 7) is 6.61. The van der Waals surface area contributed by atoms with Crippen LogP contribution in [0, 0.1) is 6.92 Å². The van der Waals surface area contributed by atoms with E-state index in [1.807, 2.05) is 0 Å². The molecule has 0 aromatic heterocycles. The van der Waals surface area contributed by atoms with Crippen molar-refractivity contribution in [3.8, 4) is 0 Å². The van der Waals surface area contributed by atoms with Gasteiger partial charge in [-0.05, 0) is 73.8 Å². The summed E-state index contributed by atoms with van der Waals surface area (Å²) in [4.78, 5) is 3.26. The van der Waals surface area contributed by atoms with Crippen molar-refractivity contribution in [2.45, 2.75) is 143 Å². The van der Waals surface area contributed by atoms with E-state index in [9.17, 15) is 5.53 Å². The Balaban J connectivity index is 0.00000924. The van der Waals surface area contributed by atoms with Crippen LogP contribution in [-0.4, -0.2) is 10.7 Å². The van der Waals surface area contributed by atoms with Crippen LogP contribution in [-0.2, 0) is 22.9 Å². The van der Waals surface area contributed by atoms with E-state index < -0.39 is 0 Å². The molecule has 43 heavy (non-hydrogen) atoms. The van der Waals surface area contributed by atoms with E-state index in [1.54, 1.807) is 0 Å². The Labute approximate surface area is 274 Å². The van der Waals surface area contributed by atoms with Crippen LogP contribution in [0.25, 0.3) is 11.1 Å². The fourth-order valence-corrected chi connectivity index (χ4v) is 5.65. The van der Waals surface area contributed by atoms with Crippen molar-refractivity contribution in [3.63, 3.8) is 0 Å². The maximum absolute atomic E-state index is 9.26. The first-order valence-electron chi connectivity index (χ1n) is 17.2. The van der Waals surface area contributed by atoms with Gasteiger partial charge in [-0.2, -0.15) is 0 Å². The number of allylic oxidation sites excluding steroid dienone is 4. The van der Waals surface area contributed by atoms with E-state index >= 15 is 0 Å². The maximum Gasteiger partial charge on any atom is 0.303 e. The summed E-state index contributed by atoms with van der Waals surface area (Å²) in [6, 6.07) is 17.4. The Hall–Kier alpha value is -2.43. The number of rotatable bonds is 23. The zero-order valence-corrected chi connectivity index (χ0v) is 28.5. The van der Waals surface area contributed by atoms with Crippen molar-refractivity contribution >= 4 is 11.4 Å². The van der Waals surface area contributed by atoms with Gasteiger partial charge >= 0.3 is 5.87 Å². The first-order chi connectivity index (χ1) is 20.7. The summed E-state index contributed by atoms with van der Waals surface area (Å²) in [7, 11) is 0. The number of unbranched alkanes of at least 4 members (excludes halogenated alkanes) is 14. The van der Waals surface area contributed by atoms with Crippen molar-refractivity contribution in [3.05, 3.63) is 100 Å². The maximum atomic E-state index is 9.26. The summed E-state index contributed by atoms with van der Waals surface area (Å²) < 4.78 is 0. The second-order valence-corrected chi connectivity index (χ2v) is 12.0. The molecule has 2 rings (SSSR count). The van der Waals surface area contributed by atoms with Crippen LogP contribution in [0.5, 0.6) is 0 Å². The molecule has 0 bridgehead atoms. The van der Waals surface area contributed by atoms with Crippen molar-refractivity contribution in [2.75, 3.05) is 0 Å². The number of aryl methyl sites for hydroxylation is 2. The van der Waals surface area contributed by atoms with Crippen LogP contribution in [0.1, 0.15) is 152 Å². The fraction of sp³-hybridized carbons (Fsp3) is 0.550. The van der Waals surface area contributed by atoms with Gasteiger partial charge in [-0.15, -0.1) is 4.79 Å². The predicted octanol–water partition coefficient (Wildman–Crippen LogP) is 12.4. The fourth-order valence-electron chi connectivity index (χ4n) is 5.65.